The number of carbonyl (C=O) groups excluding carboxylic acids is 1. The van der Waals surface area contributed by atoms with E-state index in [-0.39, 0.29) is 17.7 Å². The van der Waals surface area contributed by atoms with E-state index in [9.17, 15) is 4.79 Å². The van der Waals surface area contributed by atoms with Crippen molar-refractivity contribution in [2.24, 2.45) is 5.92 Å². The van der Waals surface area contributed by atoms with Gasteiger partial charge in [0.05, 0.1) is 22.2 Å². The Morgan fingerprint density at radius 2 is 2.10 bits per heavy atom. The van der Waals surface area contributed by atoms with Crippen molar-refractivity contribution in [2.45, 2.75) is 45.6 Å². The van der Waals surface area contributed by atoms with Gasteiger partial charge in [-0.1, -0.05) is 13.8 Å². The molecule has 1 aromatic heterocycles. The summed E-state index contributed by atoms with van der Waals surface area (Å²) in [5, 5.41) is 4.50. The number of thiophene rings is 1. The topological polar surface area (TPSA) is 64.3 Å². The zero-order chi connectivity index (χ0) is 14.9. The van der Waals surface area contributed by atoms with Gasteiger partial charge in [0.15, 0.2) is 5.78 Å². The second-order valence-corrected chi connectivity index (χ2v) is 6.90. The highest BCUT2D eigenvalue weighted by Gasteiger charge is 2.33. The van der Waals surface area contributed by atoms with Crippen LogP contribution in [0.2, 0.25) is 0 Å². The number of hydrogen-bond donors (Lipinski definition) is 2. The van der Waals surface area contributed by atoms with Gasteiger partial charge in [0.2, 0.25) is 0 Å². The lowest BCUT2D eigenvalue weighted by atomic mass is 10.0. The first-order valence-electron chi connectivity index (χ1n) is 7.17. The summed E-state index contributed by atoms with van der Waals surface area (Å²) >= 11 is 1.50. The van der Waals surface area contributed by atoms with Crippen molar-refractivity contribution in [3.8, 4) is 0 Å². The highest BCUT2D eigenvalue weighted by atomic mass is 32.1. The monoisotopic (exact) mass is 296 g/mol. The number of nitrogens with two attached hydrogens (primary N) is 1. The Kier molecular flexibility index (Phi) is 4.70. The van der Waals surface area contributed by atoms with E-state index in [1.54, 1.807) is 7.11 Å². The standard InChI is InChI=1S/C15H24N2O2S/c1-8(2)13(18)14-12(16)11(10-5-6-10)15(20-14)17-9(3)7-19-4/h8-10,17H,5-7,16H2,1-4H3. The number of ketones is 1. The van der Waals surface area contributed by atoms with E-state index in [0.717, 1.165) is 10.6 Å². The van der Waals surface area contributed by atoms with Crippen molar-refractivity contribution in [1.82, 2.24) is 0 Å². The molecule has 5 heteroatoms. The number of nitrogen functional groups attached to an aromatic ring is 1. The number of carbonyl (C=O) groups is 1. The molecule has 0 bridgehead atoms. The molecule has 1 aliphatic carbocycles. The molecule has 1 saturated carbocycles. The number of nitrogens with one attached hydrogen (secondary N) is 1. The van der Waals surface area contributed by atoms with Crippen molar-refractivity contribution in [3.63, 3.8) is 0 Å². The average molecular weight is 296 g/mol. The molecule has 0 radical (unpaired) electrons. The second-order valence-electron chi connectivity index (χ2n) is 5.88. The van der Waals surface area contributed by atoms with Gasteiger partial charge in [-0.2, -0.15) is 0 Å². The van der Waals surface area contributed by atoms with Gasteiger partial charge in [-0.3, -0.25) is 4.79 Å². The maximum Gasteiger partial charge on any atom is 0.177 e. The van der Waals surface area contributed by atoms with Gasteiger partial charge in [-0.05, 0) is 25.7 Å². The summed E-state index contributed by atoms with van der Waals surface area (Å²) in [6.45, 7) is 6.54. The predicted molar refractivity (Wildman–Crippen MR) is 84.8 cm³/mol. The molecule has 1 heterocycles. The van der Waals surface area contributed by atoms with Gasteiger partial charge >= 0.3 is 0 Å². The summed E-state index contributed by atoms with van der Waals surface area (Å²) in [5.41, 5.74) is 8.10. The zero-order valence-electron chi connectivity index (χ0n) is 12.7. The number of methoxy groups -OCH3 is 1. The lowest BCUT2D eigenvalue weighted by molar-refractivity contribution is 0.0944. The molecule has 20 heavy (non-hydrogen) atoms. The Morgan fingerprint density at radius 3 is 2.60 bits per heavy atom. The van der Waals surface area contributed by atoms with E-state index in [2.05, 4.69) is 12.2 Å². The molecule has 4 nitrogen and oxygen atoms in total. The van der Waals surface area contributed by atoms with Crippen molar-refractivity contribution < 1.29 is 9.53 Å². The van der Waals surface area contributed by atoms with Gasteiger partial charge in [0, 0.05) is 24.6 Å². The van der Waals surface area contributed by atoms with Crippen LogP contribution in [0.25, 0.3) is 0 Å². The van der Waals surface area contributed by atoms with E-state index in [1.165, 1.54) is 24.2 Å². The predicted octanol–water partition coefficient (Wildman–Crippen LogP) is 3.49. The Labute approximate surface area is 124 Å². The largest absolute Gasteiger partial charge is 0.397 e. The molecule has 0 aromatic carbocycles. The van der Waals surface area contributed by atoms with Crippen LogP contribution in [0.15, 0.2) is 0 Å². The van der Waals surface area contributed by atoms with Crippen LogP contribution in [0, 0.1) is 5.92 Å². The molecule has 3 N–H and O–H groups in total. The fourth-order valence-electron chi connectivity index (χ4n) is 2.30. The van der Waals surface area contributed by atoms with Gasteiger partial charge < -0.3 is 15.8 Å². The highest BCUT2D eigenvalue weighted by molar-refractivity contribution is 7.18. The second kappa shape index (κ2) is 6.14. The molecule has 1 aromatic rings. The molecule has 2 rings (SSSR count). The van der Waals surface area contributed by atoms with Crippen LogP contribution in [0.1, 0.15) is 54.8 Å². The van der Waals surface area contributed by atoms with Crippen LogP contribution >= 0.6 is 11.3 Å². The third-order valence-electron chi connectivity index (χ3n) is 3.51. The van der Waals surface area contributed by atoms with Gasteiger partial charge in [0.25, 0.3) is 0 Å². The van der Waals surface area contributed by atoms with Crippen LogP contribution in [-0.4, -0.2) is 25.5 Å². The van der Waals surface area contributed by atoms with Gasteiger partial charge in [-0.25, -0.2) is 0 Å². The van der Waals surface area contributed by atoms with E-state index in [4.69, 9.17) is 10.5 Å². The lowest BCUT2D eigenvalue weighted by Crippen LogP contribution is -2.20. The van der Waals surface area contributed by atoms with Gasteiger partial charge in [-0.15, -0.1) is 11.3 Å². The van der Waals surface area contributed by atoms with Crippen LogP contribution in [0.4, 0.5) is 10.7 Å². The summed E-state index contributed by atoms with van der Waals surface area (Å²) in [5.74, 6) is 0.645. The number of rotatable bonds is 7. The Morgan fingerprint density at radius 1 is 1.45 bits per heavy atom. The molecule has 1 fully saturated rings. The smallest absolute Gasteiger partial charge is 0.177 e. The molecular weight excluding hydrogens is 272 g/mol. The first-order chi connectivity index (χ1) is 9.45. The molecular formula is C15H24N2O2S. The van der Waals surface area contributed by atoms with Gasteiger partial charge in [0.1, 0.15) is 0 Å². The molecule has 1 unspecified atom stereocenters. The van der Waals surface area contributed by atoms with E-state index in [1.807, 2.05) is 13.8 Å². The normalized spacial score (nSPS) is 16.4. The van der Waals surface area contributed by atoms with Crippen LogP contribution in [-0.2, 0) is 4.74 Å². The molecule has 0 amide bonds. The first-order valence-corrected chi connectivity index (χ1v) is 7.99. The fourth-order valence-corrected chi connectivity index (χ4v) is 3.71. The average Bonchev–Trinajstić information content (AvgIpc) is 3.15. The molecule has 112 valence electrons. The number of ether oxygens (including phenoxy) is 1. The minimum Gasteiger partial charge on any atom is -0.397 e. The molecule has 1 aliphatic rings. The Hall–Kier alpha value is -1.07. The minimum atomic E-state index is -0.0211. The van der Waals surface area contributed by atoms with E-state index < -0.39 is 0 Å². The maximum absolute atomic E-state index is 12.3. The zero-order valence-corrected chi connectivity index (χ0v) is 13.5. The number of hydrogen-bond acceptors (Lipinski definition) is 5. The lowest BCUT2D eigenvalue weighted by Gasteiger charge is -2.14. The molecule has 0 spiro atoms. The summed E-state index contributed by atoms with van der Waals surface area (Å²) in [6.07, 6.45) is 2.34. The summed E-state index contributed by atoms with van der Waals surface area (Å²) in [4.78, 5) is 13.0. The third-order valence-corrected chi connectivity index (χ3v) is 4.68. The van der Waals surface area contributed by atoms with E-state index in [0.29, 0.717) is 23.1 Å². The first kappa shape index (κ1) is 15.3. The van der Waals surface area contributed by atoms with Crippen molar-refractivity contribution >= 4 is 27.8 Å². The van der Waals surface area contributed by atoms with E-state index >= 15 is 0 Å². The van der Waals surface area contributed by atoms with Crippen molar-refractivity contribution in [3.05, 3.63) is 10.4 Å². The van der Waals surface area contributed by atoms with Crippen LogP contribution in [0.5, 0.6) is 0 Å². The number of anilines is 2. The van der Waals surface area contributed by atoms with Crippen LogP contribution < -0.4 is 11.1 Å². The summed E-state index contributed by atoms with van der Waals surface area (Å²) in [7, 11) is 1.69. The van der Waals surface area contributed by atoms with Crippen LogP contribution in [0.3, 0.4) is 0 Å². The minimum absolute atomic E-state index is 0.0211. The van der Waals surface area contributed by atoms with Crippen molar-refractivity contribution in [1.29, 1.82) is 0 Å². The SMILES string of the molecule is COCC(C)Nc1sc(C(=O)C(C)C)c(N)c1C1CC1. The molecule has 1 atom stereocenters. The molecule has 0 saturated heterocycles. The summed E-state index contributed by atoms with van der Waals surface area (Å²) < 4.78 is 5.16. The number of Topliss-reactive ketones (excluding diaryl/α,β-unsaturated/α-hetero) is 1. The Bertz CT molecular complexity index is 492. The quantitative estimate of drug-likeness (QED) is 0.756. The Balaban J connectivity index is 2.30. The van der Waals surface area contributed by atoms with Crippen molar-refractivity contribution in [2.75, 3.05) is 24.8 Å². The summed E-state index contributed by atoms with van der Waals surface area (Å²) in [6, 6.07) is 0.206. The molecule has 0 aliphatic heterocycles. The highest BCUT2D eigenvalue weighted by Crippen LogP contribution is 2.51. The third kappa shape index (κ3) is 3.15. The fraction of sp³-hybridized carbons (Fsp3) is 0.667. The maximum atomic E-state index is 12.3.